The third kappa shape index (κ3) is 16.2. The first-order valence-corrected chi connectivity index (χ1v) is 17.7. The van der Waals surface area contributed by atoms with Crippen molar-refractivity contribution in [2.24, 2.45) is 5.92 Å². The maximum absolute atomic E-state index is 11.8. The monoisotopic (exact) mass is 596 g/mol. The molecule has 0 saturated carbocycles. The number of unbranched alkanes of at least 4 members (excludes halogenated alkanes) is 12. The van der Waals surface area contributed by atoms with E-state index in [4.69, 9.17) is 9.47 Å². The third-order valence-corrected chi connectivity index (χ3v) is 9.35. The number of aliphatic hydroxyl groups is 3. The molecule has 2 heterocycles. The molecule has 0 aromatic rings. The number of hydrogen-bond donors (Lipinski definition) is 3. The zero-order chi connectivity index (χ0) is 30.6. The summed E-state index contributed by atoms with van der Waals surface area (Å²) in [5.41, 5.74) is 0. The van der Waals surface area contributed by atoms with Gasteiger partial charge in [-0.05, 0) is 64.7 Å². The molecule has 0 radical (unpaired) electrons. The molecule has 0 aliphatic carbocycles. The van der Waals surface area contributed by atoms with E-state index in [0.29, 0.717) is 12.8 Å². The second-order valence-electron chi connectivity index (χ2n) is 13.4. The number of carbonyl (C=O) groups is 2. The smallest absolute Gasteiger partial charge is 0.309 e. The summed E-state index contributed by atoms with van der Waals surface area (Å²) in [7, 11) is 0. The second-order valence-corrected chi connectivity index (χ2v) is 13.4. The zero-order valence-corrected chi connectivity index (χ0v) is 27.0. The van der Waals surface area contributed by atoms with Crippen molar-refractivity contribution in [3.8, 4) is 0 Å². The van der Waals surface area contributed by atoms with Crippen LogP contribution in [0.25, 0.3) is 0 Å². The molecule has 7 nitrogen and oxygen atoms in total. The molecule has 246 valence electrons. The number of hydrogen-bond acceptors (Lipinski definition) is 7. The van der Waals surface area contributed by atoms with E-state index in [2.05, 4.69) is 6.92 Å². The number of cyclic esters (lactones) is 1. The third-order valence-electron chi connectivity index (χ3n) is 9.35. The average Bonchev–Trinajstić information content (AvgIpc) is 3.58. The molecule has 42 heavy (non-hydrogen) atoms. The molecule has 7 atom stereocenters. The minimum Gasteiger partial charge on any atom is -0.462 e. The van der Waals surface area contributed by atoms with Gasteiger partial charge in [0.05, 0.1) is 36.4 Å². The topological polar surface area (TPSA) is 113 Å². The highest BCUT2D eigenvalue weighted by Gasteiger charge is 2.35. The van der Waals surface area contributed by atoms with Gasteiger partial charge < -0.3 is 29.6 Å². The molecule has 7 heteroatoms. The minimum absolute atomic E-state index is 0.0338. The van der Waals surface area contributed by atoms with Gasteiger partial charge in [-0.3, -0.25) is 4.79 Å². The maximum Gasteiger partial charge on any atom is 0.309 e. The van der Waals surface area contributed by atoms with E-state index < -0.39 is 12.2 Å². The fourth-order valence-corrected chi connectivity index (χ4v) is 6.69. The highest BCUT2D eigenvalue weighted by Crippen LogP contribution is 2.29. The molecular formula is C35H64O7. The molecule has 3 N–H and O–H groups in total. The summed E-state index contributed by atoms with van der Waals surface area (Å²) < 4.78 is 11.5. The van der Waals surface area contributed by atoms with Gasteiger partial charge in [0, 0.05) is 6.42 Å². The molecule has 0 aromatic carbocycles. The first-order valence-electron chi connectivity index (χ1n) is 17.7. The number of Topliss-reactive ketones (excluding diaryl/α,β-unsaturated/α-hetero) is 1. The molecular weight excluding hydrogens is 532 g/mol. The van der Waals surface area contributed by atoms with Crippen LogP contribution in [0.1, 0.15) is 168 Å². The van der Waals surface area contributed by atoms with Gasteiger partial charge in [0.2, 0.25) is 0 Å². The Bertz CT molecular complexity index is 713. The number of carbonyl (C=O) groups excluding carboxylic acids is 2. The quantitative estimate of drug-likeness (QED) is 0.0707. The van der Waals surface area contributed by atoms with E-state index in [-0.39, 0.29) is 48.5 Å². The van der Waals surface area contributed by atoms with Crippen LogP contribution in [0.5, 0.6) is 0 Å². The number of rotatable bonds is 26. The highest BCUT2D eigenvalue weighted by molar-refractivity contribution is 5.83. The Morgan fingerprint density at radius 3 is 1.79 bits per heavy atom. The van der Waals surface area contributed by atoms with E-state index in [1.165, 1.54) is 64.7 Å². The van der Waals surface area contributed by atoms with Crippen LogP contribution in [-0.2, 0) is 19.1 Å². The van der Waals surface area contributed by atoms with Crippen LogP contribution in [0, 0.1) is 5.92 Å². The van der Waals surface area contributed by atoms with Gasteiger partial charge >= 0.3 is 5.97 Å². The van der Waals surface area contributed by atoms with Crippen LogP contribution in [0.4, 0.5) is 0 Å². The van der Waals surface area contributed by atoms with E-state index in [9.17, 15) is 24.9 Å². The lowest BCUT2D eigenvalue weighted by atomic mass is 9.96. The van der Waals surface area contributed by atoms with Gasteiger partial charge in [0.1, 0.15) is 11.9 Å². The normalized spacial score (nSPS) is 24.5. The Labute approximate surface area is 256 Å². The van der Waals surface area contributed by atoms with E-state index in [1.54, 1.807) is 0 Å². The van der Waals surface area contributed by atoms with E-state index in [1.807, 2.05) is 0 Å². The van der Waals surface area contributed by atoms with Crippen LogP contribution in [0.15, 0.2) is 0 Å². The van der Waals surface area contributed by atoms with Gasteiger partial charge in [-0.25, -0.2) is 0 Å². The number of esters is 1. The van der Waals surface area contributed by atoms with Crippen molar-refractivity contribution in [2.75, 3.05) is 0 Å². The summed E-state index contributed by atoms with van der Waals surface area (Å²) in [5.74, 6) is -0.459. The molecule has 0 aromatic heterocycles. The fourth-order valence-electron chi connectivity index (χ4n) is 6.69. The van der Waals surface area contributed by atoms with Crippen LogP contribution >= 0.6 is 0 Å². The van der Waals surface area contributed by atoms with Gasteiger partial charge in [-0.2, -0.15) is 0 Å². The standard InChI is InChI=1S/C35H64O7/c1-3-4-5-6-7-8-9-10-11-15-21-31(38)33-23-24-34(42-33)32(39)22-17-16-19-29(37)18-13-12-14-20-30-26-28(25-27(2)36)35(40)41-30/h28-34,37-39H,3-26H2,1-2H3/t28-,29?,30-,31-,32+,33+,34+/m0/s1. The Hall–Kier alpha value is -1.02. The van der Waals surface area contributed by atoms with Crippen molar-refractivity contribution in [1.82, 2.24) is 0 Å². The Morgan fingerprint density at radius 2 is 1.21 bits per heavy atom. The summed E-state index contributed by atoms with van der Waals surface area (Å²) in [6, 6.07) is 0. The van der Waals surface area contributed by atoms with Crippen molar-refractivity contribution in [3.05, 3.63) is 0 Å². The number of aliphatic hydroxyl groups excluding tert-OH is 3. The summed E-state index contributed by atoms with van der Waals surface area (Å²) in [5, 5.41) is 31.6. The fraction of sp³-hybridized carbons (Fsp3) is 0.943. The molecule has 2 rings (SSSR count). The van der Waals surface area contributed by atoms with Gasteiger partial charge in [0.25, 0.3) is 0 Å². The summed E-state index contributed by atoms with van der Waals surface area (Å²) in [6.45, 7) is 3.77. The lowest BCUT2D eigenvalue weighted by molar-refractivity contribution is -0.145. The molecule has 2 fully saturated rings. The van der Waals surface area contributed by atoms with Gasteiger partial charge in [-0.15, -0.1) is 0 Å². The van der Waals surface area contributed by atoms with Crippen molar-refractivity contribution >= 4 is 11.8 Å². The average molecular weight is 597 g/mol. The van der Waals surface area contributed by atoms with Crippen molar-refractivity contribution in [1.29, 1.82) is 0 Å². The van der Waals surface area contributed by atoms with Crippen molar-refractivity contribution < 1.29 is 34.4 Å². The highest BCUT2D eigenvalue weighted by atomic mass is 16.6. The molecule has 0 bridgehead atoms. The summed E-state index contributed by atoms with van der Waals surface area (Å²) in [6.07, 6.45) is 22.2. The van der Waals surface area contributed by atoms with Gasteiger partial charge in [-0.1, -0.05) is 96.8 Å². The Balaban J connectivity index is 1.41. The molecule has 1 unspecified atom stereocenters. The van der Waals surface area contributed by atoms with E-state index in [0.717, 1.165) is 77.0 Å². The van der Waals surface area contributed by atoms with Crippen LogP contribution < -0.4 is 0 Å². The zero-order valence-electron chi connectivity index (χ0n) is 27.0. The van der Waals surface area contributed by atoms with Crippen LogP contribution in [0.2, 0.25) is 0 Å². The summed E-state index contributed by atoms with van der Waals surface area (Å²) in [4.78, 5) is 23.1. The van der Waals surface area contributed by atoms with Crippen molar-refractivity contribution in [3.63, 3.8) is 0 Å². The second kappa shape index (κ2) is 22.5. The minimum atomic E-state index is -0.503. The maximum atomic E-state index is 11.8. The lowest BCUT2D eigenvalue weighted by Crippen LogP contribution is -2.31. The predicted molar refractivity (Wildman–Crippen MR) is 167 cm³/mol. The molecule has 2 aliphatic rings. The van der Waals surface area contributed by atoms with Crippen LogP contribution in [-0.4, -0.2) is 63.7 Å². The molecule has 2 saturated heterocycles. The molecule has 0 spiro atoms. The summed E-state index contributed by atoms with van der Waals surface area (Å²) >= 11 is 0. The first-order chi connectivity index (χ1) is 20.3. The van der Waals surface area contributed by atoms with Crippen molar-refractivity contribution in [2.45, 2.75) is 205 Å². The van der Waals surface area contributed by atoms with Gasteiger partial charge in [0.15, 0.2) is 0 Å². The number of ether oxygens (including phenoxy) is 2. The Morgan fingerprint density at radius 1 is 0.738 bits per heavy atom. The Kier molecular flexibility index (Phi) is 19.9. The lowest BCUT2D eigenvalue weighted by Gasteiger charge is -2.22. The predicted octanol–water partition coefficient (Wildman–Crippen LogP) is 7.35. The molecule has 0 amide bonds. The SMILES string of the molecule is CCCCCCCCCCCC[C@H](O)[C@H]1CC[C@H]([C@H](O)CCCCC(O)CCCCC[C@H]2C[C@H](CC(C)=O)C(=O)O2)O1. The van der Waals surface area contributed by atoms with E-state index >= 15 is 0 Å². The first kappa shape index (κ1) is 37.2. The largest absolute Gasteiger partial charge is 0.462 e. The van der Waals surface area contributed by atoms with Crippen LogP contribution in [0.3, 0.4) is 0 Å². The molecule has 2 aliphatic heterocycles. The number of ketones is 1.